The monoisotopic (exact) mass is 247 g/mol. The normalized spacial score (nSPS) is 18.9. The van der Waals surface area contributed by atoms with Crippen molar-refractivity contribution in [1.29, 1.82) is 0 Å². The molecule has 0 N–H and O–H groups in total. The molecule has 4 heteroatoms. The summed E-state index contributed by atoms with van der Waals surface area (Å²) in [6.07, 6.45) is 1.02. The fraction of sp³-hybridized carbons (Fsp3) is 0.429. The number of nitrogens with zero attached hydrogens (tertiary/aromatic N) is 1. The number of carbonyl (C=O) groups is 2. The van der Waals surface area contributed by atoms with Crippen LogP contribution in [0.15, 0.2) is 24.3 Å². The Bertz CT molecular complexity index is 476. The van der Waals surface area contributed by atoms with Crippen molar-refractivity contribution in [2.75, 3.05) is 12.0 Å². The average molecular weight is 247 g/mol. The lowest BCUT2D eigenvalue weighted by Crippen LogP contribution is -2.49. The number of amides is 2. The topological polar surface area (TPSA) is 46.6 Å². The summed E-state index contributed by atoms with van der Waals surface area (Å²) in [6, 6.07) is 6.96. The van der Waals surface area contributed by atoms with Crippen molar-refractivity contribution in [2.45, 2.75) is 26.7 Å². The fourth-order valence-corrected chi connectivity index (χ4v) is 2.05. The molecule has 96 valence electrons. The Balaban J connectivity index is 2.34. The Hall–Kier alpha value is -1.84. The minimum absolute atomic E-state index is 0.135. The van der Waals surface area contributed by atoms with E-state index in [0.717, 1.165) is 0 Å². The van der Waals surface area contributed by atoms with Gasteiger partial charge in [0.2, 0.25) is 11.8 Å². The lowest BCUT2D eigenvalue weighted by Gasteiger charge is -2.35. The maximum atomic E-state index is 12.3. The summed E-state index contributed by atoms with van der Waals surface area (Å²) in [6.45, 7) is 3.75. The summed E-state index contributed by atoms with van der Waals surface area (Å²) in [4.78, 5) is 25.5. The molecule has 0 spiro atoms. The SMILES string of the molecule is COc1ccc(N2C(=O)CCC(C)(C)C2=O)cc1. The van der Waals surface area contributed by atoms with Crippen LogP contribution in [0, 0.1) is 5.41 Å². The highest BCUT2D eigenvalue weighted by molar-refractivity contribution is 6.18. The highest BCUT2D eigenvalue weighted by Crippen LogP contribution is 2.34. The third-order valence-corrected chi connectivity index (χ3v) is 3.33. The van der Waals surface area contributed by atoms with Crippen molar-refractivity contribution in [2.24, 2.45) is 5.41 Å². The number of ether oxygens (including phenoxy) is 1. The van der Waals surface area contributed by atoms with Crippen molar-refractivity contribution in [3.05, 3.63) is 24.3 Å². The van der Waals surface area contributed by atoms with Gasteiger partial charge in [-0.3, -0.25) is 14.5 Å². The molecule has 0 bridgehead atoms. The first-order valence-corrected chi connectivity index (χ1v) is 5.97. The van der Waals surface area contributed by atoms with Crippen LogP contribution >= 0.6 is 0 Å². The fourth-order valence-electron chi connectivity index (χ4n) is 2.05. The molecule has 0 saturated carbocycles. The molecule has 1 aromatic carbocycles. The zero-order valence-electron chi connectivity index (χ0n) is 10.9. The second-order valence-corrected chi connectivity index (χ2v) is 5.12. The Morgan fingerprint density at radius 2 is 1.78 bits per heavy atom. The summed E-state index contributed by atoms with van der Waals surface area (Å²) >= 11 is 0. The molecule has 2 rings (SSSR count). The highest BCUT2D eigenvalue weighted by Gasteiger charge is 2.40. The van der Waals surface area contributed by atoms with Gasteiger partial charge in [-0.05, 0) is 30.7 Å². The van der Waals surface area contributed by atoms with Crippen LogP contribution in [0.1, 0.15) is 26.7 Å². The molecule has 1 heterocycles. The number of imide groups is 1. The second kappa shape index (κ2) is 4.44. The number of benzene rings is 1. The maximum Gasteiger partial charge on any atom is 0.239 e. The molecule has 0 aliphatic carbocycles. The molecule has 1 aromatic rings. The number of hydrogen-bond acceptors (Lipinski definition) is 3. The van der Waals surface area contributed by atoms with E-state index in [-0.39, 0.29) is 11.8 Å². The van der Waals surface area contributed by atoms with Gasteiger partial charge >= 0.3 is 0 Å². The first kappa shape index (κ1) is 12.6. The van der Waals surface area contributed by atoms with E-state index in [2.05, 4.69) is 0 Å². The Morgan fingerprint density at radius 1 is 1.17 bits per heavy atom. The average Bonchev–Trinajstić information content (AvgIpc) is 2.36. The Labute approximate surface area is 107 Å². The van der Waals surface area contributed by atoms with Crippen LogP contribution < -0.4 is 9.64 Å². The van der Waals surface area contributed by atoms with Gasteiger partial charge in [0.05, 0.1) is 12.8 Å². The van der Waals surface area contributed by atoms with Crippen molar-refractivity contribution in [3.8, 4) is 5.75 Å². The molecule has 1 aliphatic heterocycles. The summed E-state index contributed by atoms with van der Waals surface area (Å²) in [5, 5.41) is 0. The second-order valence-electron chi connectivity index (χ2n) is 5.12. The number of hydrogen-bond donors (Lipinski definition) is 0. The van der Waals surface area contributed by atoms with E-state index in [1.165, 1.54) is 4.90 Å². The van der Waals surface area contributed by atoms with Gasteiger partial charge in [-0.2, -0.15) is 0 Å². The lowest BCUT2D eigenvalue weighted by molar-refractivity contribution is -0.136. The van der Waals surface area contributed by atoms with Gasteiger partial charge in [-0.15, -0.1) is 0 Å². The molecule has 1 aliphatic rings. The maximum absolute atomic E-state index is 12.3. The summed E-state index contributed by atoms with van der Waals surface area (Å²) in [5.41, 5.74) is 0.131. The number of methoxy groups -OCH3 is 1. The molecule has 18 heavy (non-hydrogen) atoms. The molecular weight excluding hydrogens is 230 g/mol. The molecule has 2 amide bonds. The van der Waals surface area contributed by atoms with Gasteiger partial charge in [0, 0.05) is 11.8 Å². The number of anilines is 1. The standard InChI is InChI=1S/C14H17NO3/c1-14(2)9-8-12(16)15(13(14)17)10-4-6-11(18-3)7-5-10/h4-7H,8-9H2,1-3H3. The molecule has 1 saturated heterocycles. The minimum Gasteiger partial charge on any atom is -0.497 e. The number of piperidine rings is 1. The van der Waals surface area contributed by atoms with Gasteiger partial charge in [-0.1, -0.05) is 13.8 Å². The van der Waals surface area contributed by atoms with E-state index in [1.807, 2.05) is 13.8 Å². The molecule has 0 unspecified atom stereocenters. The minimum atomic E-state index is -0.478. The lowest BCUT2D eigenvalue weighted by atomic mass is 9.82. The predicted molar refractivity (Wildman–Crippen MR) is 68.5 cm³/mol. The van der Waals surface area contributed by atoms with Crippen molar-refractivity contribution < 1.29 is 14.3 Å². The molecule has 0 aromatic heterocycles. The Morgan fingerprint density at radius 3 is 2.33 bits per heavy atom. The number of rotatable bonds is 2. The van der Waals surface area contributed by atoms with Crippen LogP contribution in [-0.4, -0.2) is 18.9 Å². The van der Waals surface area contributed by atoms with Gasteiger partial charge in [0.25, 0.3) is 0 Å². The number of carbonyl (C=O) groups excluding carboxylic acids is 2. The smallest absolute Gasteiger partial charge is 0.239 e. The largest absolute Gasteiger partial charge is 0.497 e. The van der Waals surface area contributed by atoms with Crippen molar-refractivity contribution >= 4 is 17.5 Å². The van der Waals surface area contributed by atoms with Crippen molar-refractivity contribution in [3.63, 3.8) is 0 Å². The van der Waals surface area contributed by atoms with Gasteiger partial charge < -0.3 is 4.74 Å². The summed E-state index contributed by atoms with van der Waals surface area (Å²) < 4.78 is 5.06. The van der Waals surface area contributed by atoms with Crippen LogP contribution in [0.25, 0.3) is 0 Å². The van der Waals surface area contributed by atoms with Gasteiger partial charge in [0.1, 0.15) is 5.75 Å². The van der Waals surface area contributed by atoms with Crippen LogP contribution in [-0.2, 0) is 9.59 Å². The quantitative estimate of drug-likeness (QED) is 0.754. The van der Waals surface area contributed by atoms with E-state index >= 15 is 0 Å². The predicted octanol–water partition coefficient (Wildman–Crippen LogP) is 2.37. The molecule has 0 atom stereocenters. The molecule has 4 nitrogen and oxygen atoms in total. The van der Waals surface area contributed by atoms with E-state index < -0.39 is 5.41 Å². The highest BCUT2D eigenvalue weighted by atomic mass is 16.5. The third kappa shape index (κ3) is 2.10. The first-order chi connectivity index (χ1) is 8.45. The molecule has 0 radical (unpaired) electrons. The first-order valence-electron chi connectivity index (χ1n) is 5.97. The zero-order valence-corrected chi connectivity index (χ0v) is 10.9. The van der Waals surface area contributed by atoms with E-state index in [9.17, 15) is 9.59 Å². The van der Waals surface area contributed by atoms with E-state index in [4.69, 9.17) is 4.74 Å². The Kier molecular flexibility index (Phi) is 3.11. The summed E-state index contributed by atoms with van der Waals surface area (Å²) in [5.74, 6) is 0.434. The van der Waals surface area contributed by atoms with Crippen molar-refractivity contribution in [1.82, 2.24) is 0 Å². The zero-order chi connectivity index (χ0) is 13.3. The third-order valence-electron chi connectivity index (χ3n) is 3.33. The van der Waals surface area contributed by atoms with Gasteiger partial charge in [-0.25, -0.2) is 0 Å². The van der Waals surface area contributed by atoms with Crippen LogP contribution in [0.4, 0.5) is 5.69 Å². The molecular formula is C14H17NO3. The van der Waals surface area contributed by atoms with E-state index in [1.54, 1.807) is 31.4 Å². The summed E-state index contributed by atoms with van der Waals surface area (Å²) in [7, 11) is 1.58. The molecule has 1 fully saturated rings. The van der Waals surface area contributed by atoms with Crippen LogP contribution in [0.5, 0.6) is 5.75 Å². The van der Waals surface area contributed by atoms with Crippen LogP contribution in [0.3, 0.4) is 0 Å². The van der Waals surface area contributed by atoms with Gasteiger partial charge in [0.15, 0.2) is 0 Å². The van der Waals surface area contributed by atoms with Crippen LogP contribution in [0.2, 0.25) is 0 Å². The van der Waals surface area contributed by atoms with E-state index in [0.29, 0.717) is 24.3 Å².